The molecule has 1 aliphatic heterocycles. The molecule has 0 radical (unpaired) electrons. The van der Waals surface area contributed by atoms with Crippen LogP contribution in [-0.4, -0.2) is 47.1 Å². The lowest BCUT2D eigenvalue weighted by Gasteiger charge is -2.13. The number of rotatable bonds is 4. The number of aromatic nitrogens is 1. The second-order valence-corrected chi connectivity index (χ2v) is 6.17. The van der Waals surface area contributed by atoms with Crippen LogP contribution in [0.25, 0.3) is 10.6 Å². The number of benzene rings is 1. The summed E-state index contributed by atoms with van der Waals surface area (Å²) in [5.41, 5.74) is 1.19. The first-order chi connectivity index (χ1) is 11.1. The van der Waals surface area contributed by atoms with Crippen molar-refractivity contribution in [2.45, 2.75) is 6.42 Å². The van der Waals surface area contributed by atoms with Crippen LogP contribution in [0.15, 0.2) is 29.6 Å². The molecule has 120 valence electrons. The summed E-state index contributed by atoms with van der Waals surface area (Å²) < 4.78 is 5.32. The first-order valence-electron chi connectivity index (χ1n) is 7.21. The standard InChI is InChI=1S/C16H16N2O4S/c1-22-13-5-3-2-4-11(13)14-17-12(9-23-14)15(19)18-7-6-10(8-18)16(20)21/h2-5,9-10H,6-8H2,1H3,(H,20,21)/t10-/m1/s1. The zero-order valence-corrected chi connectivity index (χ0v) is 13.4. The van der Waals surface area contributed by atoms with Gasteiger partial charge in [0.25, 0.3) is 5.91 Å². The second-order valence-electron chi connectivity index (χ2n) is 5.31. The lowest BCUT2D eigenvalue weighted by atomic mass is 10.1. The molecule has 1 amide bonds. The fraction of sp³-hybridized carbons (Fsp3) is 0.312. The van der Waals surface area contributed by atoms with Crippen LogP contribution < -0.4 is 4.74 Å². The number of carboxylic acids is 1. The number of methoxy groups -OCH3 is 1. The highest BCUT2D eigenvalue weighted by Gasteiger charge is 2.32. The quantitative estimate of drug-likeness (QED) is 0.930. The van der Waals surface area contributed by atoms with Crippen LogP contribution in [0.3, 0.4) is 0 Å². The van der Waals surface area contributed by atoms with E-state index < -0.39 is 11.9 Å². The molecule has 3 rings (SSSR count). The molecule has 0 spiro atoms. The van der Waals surface area contributed by atoms with Gasteiger partial charge in [0.1, 0.15) is 16.5 Å². The molecule has 1 aliphatic rings. The van der Waals surface area contributed by atoms with Gasteiger partial charge in [0.15, 0.2) is 0 Å². The van der Waals surface area contributed by atoms with Gasteiger partial charge in [-0.25, -0.2) is 4.98 Å². The molecule has 1 saturated heterocycles. The largest absolute Gasteiger partial charge is 0.496 e. The summed E-state index contributed by atoms with van der Waals surface area (Å²) in [4.78, 5) is 29.4. The molecular formula is C16H16N2O4S. The van der Waals surface area contributed by atoms with Crippen molar-refractivity contribution in [3.63, 3.8) is 0 Å². The van der Waals surface area contributed by atoms with Crippen molar-refractivity contribution in [2.24, 2.45) is 5.92 Å². The summed E-state index contributed by atoms with van der Waals surface area (Å²) >= 11 is 1.37. The lowest BCUT2D eigenvalue weighted by molar-refractivity contribution is -0.141. The van der Waals surface area contributed by atoms with Crippen LogP contribution in [-0.2, 0) is 4.79 Å². The highest BCUT2D eigenvalue weighted by Crippen LogP contribution is 2.32. The van der Waals surface area contributed by atoms with E-state index in [9.17, 15) is 9.59 Å². The van der Waals surface area contributed by atoms with Gasteiger partial charge in [-0.2, -0.15) is 0 Å². The molecule has 2 aromatic rings. The van der Waals surface area contributed by atoms with Crippen LogP contribution in [0.5, 0.6) is 5.75 Å². The van der Waals surface area contributed by atoms with E-state index in [1.807, 2.05) is 24.3 Å². The molecule has 2 heterocycles. The van der Waals surface area contributed by atoms with Crippen LogP contribution >= 0.6 is 11.3 Å². The number of para-hydroxylation sites is 1. The summed E-state index contributed by atoms with van der Waals surface area (Å²) in [5.74, 6) is -0.848. The van der Waals surface area contributed by atoms with Crippen LogP contribution in [0, 0.1) is 5.92 Å². The van der Waals surface area contributed by atoms with Gasteiger partial charge in [0.05, 0.1) is 18.6 Å². The SMILES string of the molecule is COc1ccccc1-c1nc(C(=O)N2CC[C@@H](C(=O)O)C2)cs1. The summed E-state index contributed by atoms with van der Waals surface area (Å²) in [6.07, 6.45) is 0.491. The monoisotopic (exact) mass is 332 g/mol. The Hall–Kier alpha value is -2.41. The van der Waals surface area contributed by atoms with E-state index >= 15 is 0 Å². The summed E-state index contributed by atoms with van der Waals surface area (Å²) in [7, 11) is 1.59. The topological polar surface area (TPSA) is 79.7 Å². The molecule has 1 N–H and O–H groups in total. The van der Waals surface area contributed by atoms with Gasteiger partial charge < -0.3 is 14.7 Å². The highest BCUT2D eigenvalue weighted by molar-refractivity contribution is 7.13. The van der Waals surface area contributed by atoms with Crippen molar-refractivity contribution in [1.29, 1.82) is 0 Å². The molecular weight excluding hydrogens is 316 g/mol. The van der Waals surface area contributed by atoms with E-state index in [-0.39, 0.29) is 12.5 Å². The van der Waals surface area contributed by atoms with Crippen molar-refractivity contribution < 1.29 is 19.4 Å². The third-order valence-electron chi connectivity index (χ3n) is 3.89. The predicted molar refractivity (Wildman–Crippen MR) is 85.7 cm³/mol. The van der Waals surface area contributed by atoms with Gasteiger partial charge in [-0.3, -0.25) is 9.59 Å². The first-order valence-corrected chi connectivity index (χ1v) is 8.09. The number of thiazole rings is 1. The van der Waals surface area contributed by atoms with Crippen LogP contribution in [0.4, 0.5) is 0 Å². The minimum atomic E-state index is -0.853. The van der Waals surface area contributed by atoms with E-state index in [0.29, 0.717) is 29.4 Å². The van der Waals surface area contributed by atoms with E-state index in [1.165, 1.54) is 11.3 Å². The van der Waals surface area contributed by atoms with Gasteiger partial charge in [-0.05, 0) is 18.6 Å². The van der Waals surface area contributed by atoms with E-state index in [1.54, 1.807) is 17.4 Å². The normalized spacial score (nSPS) is 17.3. The number of likely N-dealkylation sites (tertiary alicyclic amines) is 1. The number of carboxylic acid groups (broad SMARTS) is 1. The van der Waals surface area contributed by atoms with E-state index in [0.717, 1.165) is 5.56 Å². The minimum Gasteiger partial charge on any atom is -0.496 e. The average molecular weight is 332 g/mol. The Balaban J connectivity index is 1.79. The van der Waals surface area contributed by atoms with Crippen molar-refractivity contribution in [3.05, 3.63) is 35.3 Å². The highest BCUT2D eigenvalue weighted by atomic mass is 32.1. The molecule has 7 heteroatoms. The average Bonchev–Trinajstić information content (AvgIpc) is 3.23. The van der Waals surface area contributed by atoms with Crippen molar-refractivity contribution >= 4 is 23.2 Å². The second kappa shape index (κ2) is 6.37. The fourth-order valence-electron chi connectivity index (χ4n) is 2.63. The molecule has 1 aromatic heterocycles. The van der Waals surface area contributed by atoms with Gasteiger partial charge >= 0.3 is 5.97 Å². The van der Waals surface area contributed by atoms with Gasteiger partial charge in [-0.1, -0.05) is 12.1 Å². The van der Waals surface area contributed by atoms with Crippen molar-refractivity contribution in [3.8, 4) is 16.3 Å². The fourth-order valence-corrected chi connectivity index (χ4v) is 3.45. The lowest BCUT2D eigenvalue weighted by Crippen LogP contribution is -2.30. The minimum absolute atomic E-state index is 0.217. The molecule has 0 unspecified atom stereocenters. The maximum absolute atomic E-state index is 12.5. The smallest absolute Gasteiger partial charge is 0.308 e. The first kappa shape index (κ1) is 15.5. The number of carbonyl (C=O) groups is 2. The van der Waals surface area contributed by atoms with Crippen LogP contribution in [0.2, 0.25) is 0 Å². The molecule has 1 aromatic carbocycles. The summed E-state index contributed by atoms with van der Waals surface area (Å²) in [5, 5.41) is 11.4. The number of carbonyl (C=O) groups excluding carboxylic acids is 1. The maximum Gasteiger partial charge on any atom is 0.308 e. The molecule has 1 fully saturated rings. The van der Waals surface area contributed by atoms with Gasteiger partial charge in [0, 0.05) is 18.5 Å². The summed E-state index contributed by atoms with van der Waals surface area (Å²) in [6, 6.07) is 7.50. The third-order valence-corrected chi connectivity index (χ3v) is 4.76. The Bertz CT molecular complexity index is 743. The zero-order valence-electron chi connectivity index (χ0n) is 12.6. The molecule has 6 nitrogen and oxygen atoms in total. The predicted octanol–water partition coefficient (Wildman–Crippen LogP) is 2.37. The number of ether oxygens (including phenoxy) is 1. The molecule has 1 atom stereocenters. The van der Waals surface area contributed by atoms with Gasteiger partial charge in [0.2, 0.25) is 0 Å². The van der Waals surface area contributed by atoms with E-state index in [2.05, 4.69) is 4.98 Å². The molecule has 23 heavy (non-hydrogen) atoms. The molecule has 0 aliphatic carbocycles. The Morgan fingerprint density at radius 3 is 2.87 bits per heavy atom. The summed E-state index contributed by atoms with van der Waals surface area (Å²) in [6.45, 7) is 0.701. The maximum atomic E-state index is 12.5. The number of aliphatic carboxylic acids is 1. The van der Waals surface area contributed by atoms with Gasteiger partial charge in [-0.15, -0.1) is 11.3 Å². The molecule has 0 bridgehead atoms. The Labute approximate surface area is 137 Å². The Kier molecular flexibility index (Phi) is 4.29. The zero-order chi connectivity index (χ0) is 16.4. The van der Waals surface area contributed by atoms with Crippen molar-refractivity contribution in [1.82, 2.24) is 9.88 Å². The van der Waals surface area contributed by atoms with Crippen LogP contribution in [0.1, 0.15) is 16.9 Å². The van der Waals surface area contributed by atoms with Crippen molar-refractivity contribution in [2.75, 3.05) is 20.2 Å². The Morgan fingerprint density at radius 1 is 1.39 bits per heavy atom. The van der Waals surface area contributed by atoms with E-state index in [4.69, 9.17) is 9.84 Å². The molecule has 0 saturated carbocycles. The number of hydrogen-bond acceptors (Lipinski definition) is 5. The number of nitrogens with zero attached hydrogens (tertiary/aromatic N) is 2. The number of hydrogen-bond donors (Lipinski definition) is 1. The Morgan fingerprint density at radius 2 is 2.17 bits per heavy atom. The third kappa shape index (κ3) is 3.05. The number of amides is 1.